The molecule has 1 aliphatic heterocycles. The number of hydrogen-bond donors (Lipinski definition) is 1. The maximum atomic E-state index is 12.7. The Bertz CT molecular complexity index is 667. The fourth-order valence-corrected chi connectivity index (χ4v) is 4.63. The van der Waals surface area contributed by atoms with Crippen LogP contribution in [-0.4, -0.2) is 56.3 Å². The molecule has 2 heterocycles. The van der Waals surface area contributed by atoms with E-state index in [9.17, 15) is 13.2 Å². The molecule has 0 bridgehead atoms. The summed E-state index contributed by atoms with van der Waals surface area (Å²) < 4.78 is 22.9. The Morgan fingerprint density at radius 1 is 1.50 bits per heavy atom. The molecule has 2 N–H and O–H groups in total. The van der Waals surface area contributed by atoms with Gasteiger partial charge in [0.1, 0.15) is 4.21 Å². The molecule has 0 spiro atoms. The highest BCUT2D eigenvalue weighted by molar-refractivity contribution is 7.91. The van der Waals surface area contributed by atoms with Gasteiger partial charge in [-0.1, -0.05) is 0 Å². The van der Waals surface area contributed by atoms with Crippen LogP contribution in [0.1, 0.15) is 35.5 Å². The predicted octanol–water partition coefficient (Wildman–Crippen LogP) is 1.26. The number of amides is 1. The van der Waals surface area contributed by atoms with Crippen LogP contribution in [0.5, 0.6) is 0 Å². The second kappa shape index (κ2) is 6.27. The molecule has 1 amide bonds. The number of nitrogens with zero attached hydrogens (tertiary/aromatic N) is 2. The number of primary sulfonamides is 1. The van der Waals surface area contributed by atoms with E-state index in [4.69, 9.17) is 5.14 Å². The standard InChI is InChI=1S/C14H23N3O3S2/c1-9(2)17-6-5-11(8-17)16(4)14(18)13-10(3)7-12(21-13)22(15,19)20/h7,9,11H,5-6,8H2,1-4H3,(H2,15,19,20). The number of rotatable bonds is 4. The van der Waals surface area contributed by atoms with Crippen molar-refractivity contribution in [2.75, 3.05) is 20.1 Å². The van der Waals surface area contributed by atoms with E-state index in [-0.39, 0.29) is 16.2 Å². The fourth-order valence-electron chi connectivity index (χ4n) is 2.68. The van der Waals surface area contributed by atoms with Crippen molar-refractivity contribution < 1.29 is 13.2 Å². The van der Waals surface area contributed by atoms with Crippen LogP contribution in [0.25, 0.3) is 0 Å². The highest BCUT2D eigenvalue weighted by atomic mass is 32.2. The van der Waals surface area contributed by atoms with Crippen LogP contribution < -0.4 is 5.14 Å². The molecule has 1 atom stereocenters. The summed E-state index contributed by atoms with van der Waals surface area (Å²) in [6.45, 7) is 7.86. The third-order valence-corrected chi connectivity index (χ3v) is 6.81. The predicted molar refractivity (Wildman–Crippen MR) is 87.6 cm³/mol. The Kier molecular flexibility index (Phi) is 4.96. The molecule has 0 aliphatic carbocycles. The molecule has 124 valence electrons. The number of aryl methyl sites for hydroxylation is 1. The lowest BCUT2D eigenvalue weighted by atomic mass is 10.2. The maximum Gasteiger partial charge on any atom is 0.264 e. The van der Waals surface area contributed by atoms with Gasteiger partial charge in [0, 0.05) is 32.2 Å². The minimum Gasteiger partial charge on any atom is -0.337 e. The monoisotopic (exact) mass is 345 g/mol. The molecule has 6 nitrogen and oxygen atoms in total. The number of sulfonamides is 1. The van der Waals surface area contributed by atoms with E-state index in [0.717, 1.165) is 30.8 Å². The van der Waals surface area contributed by atoms with Crippen molar-refractivity contribution in [2.24, 2.45) is 5.14 Å². The molecule has 1 aromatic rings. The SMILES string of the molecule is Cc1cc(S(N)(=O)=O)sc1C(=O)N(C)C1CCN(C(C)C)C1. The fraction of sp³-hybridized carbons (Fsp3) is 0.643. The number of likely N-dealkylation sites (tertiary alicyclic amines) is 1. The van der Waals surface area contributed by atoms with Crippen LogP contribution in [0, 0.1) is 6.92 Å². The molecule has 0 radical (unpaired) electrons. The molecule has 1 unspecified atom stereocenters. The lowest BCUT2D eigenvalue weighted by Crippen LogP contribution is -2.40. The van der Waals surface area contributed by atoms with Crippen molar-refractivity contribution in [2.45, 2.75) is 43.5 Å². The molecule has 22 heavy (non-hydrogen) atoms. The third kappa shape index (κ3) is 3.51. The molecular formula is C14H23N3O3S2. The van der Waals surface area contributed by atoms with Crippen LogP contribution in [0.15, 0.2) is 10.3 Å². The van der Waals surface area contributed by atoms with E-state index in [1.54, 1.807) is 18.9 Å². The van der Waals surface area contributed by atoms with E-state index in [2.05, 4.69) is 18.7 Å². The molecule has 2 rings (SSSR count). The summed E-state index contributed by atoms with van der Waals surface area (Å²) in [5.41, 5.74) is 0.657. The van der Waals surface area contributed by atoms with Crippen LogP contribution in [0.3, 0.4) is 0 Å². The van der Waals surface area contributed by atoms with E-state index < -0.39 is 10.0 Å². The quantitative estimate of drug-likeness (QED) is 0.890. The Labute approximate surface area is 135 Å². The van der Waals surface area contributed by atoms with Crippen molar-refractivity contribution in [3.05, 3.63) is 16.5 Å². The summed E-state index contributed by atoms with van der Waals surface area (Å²) in [5, 5.41) is 5.14. The zero-order chi connectivity index (χ0) is 16.7. The number of likely N-dealkylation sites (N-methyl/N-ethyl adjacent to an activating group) is 1. The first-order chi connectivity index (χ1) is 10.1. The van der Waals surface area contributed by atoms with Crippen LogP contribution >= 0.6 is 11.3 Å². The van der Waals surface area contributed by atoms with Crippen molar-refractivity contribution in [1.82, 2.24) is 9.80 Å². The topological polar surface area (TPSA) is 83.7 Å². The van der Waals surface area contributed by atoms with Gasteiger partial charge in [0.2, 0.25) is 10.0 Å². The summed E-state index contributed by atoms with van der Waals surface area (Å²) in [5.74, 6) is -0.131. The Balaban J connectivity index is 2.17. The highest BCUT2D eigenvalue weighted by Crippen LogP contribution is 2.27. The minimum atomic E-state index is -3.76. The largest absolute Gasteiger partial charge is 0.337 e. The van der Waals surface area contributed by atoms with Gasteiger partial charge in [-0.05, 0) is 38.8 Å². The van der Waals surface area contributed by atoms with E-state index in [0.29, 0.717) is 16.5 Å². The molecule has 1 aliphatic rings. The molecule has 1 saturated heterocycles. The Morgan fingerprint density at radius 2 is 2.14 bits per heavy atom. The second-order valence-electron chi connectivity index (χ2n) is 6.07. The first-order valence-electron chi connectivity index (χ1n) is 7.25. The van der Waals surface area contributed by atoms with Gasteiger partial charge in [0.15, 0.2) is 0 Å². The van der Waals surface area contributed by atoms with Gasteiger partial charge in [-0.2, -0.15) is 0 Å². The zero-order valence-electron chi connectivity index (χ0n) is 13.4. The summed E-state index contributed by atoms with van der Waals surface area (Å²) in [4.78, 5) is 17.2. The number of nitrogens with two attached hydrogens (primary N) is 1. The summed E-state index contributed by atoms with van der Waals surface area (Å²) in [6, 6.07) is 2.09. The van der Waals surface area contributed by atoms with Gasteiger partial charge in [0.25, 0.3) is 5.91 Å². The number of hydrogen-bond acceptors (Lipinski definition) is 5. The number of thiophene rings is 1. The van der Waals surface area contributed by atoms with Crippen molar-refractivity contribution >= 4 is 27.3 Å². The van der Waals surface area contributed by atoms with Gasteiger partial charge in [-0.25, -0.2) is 13.6 Å². The van der Waals surface area contributed by atoms with Gasteiger partial charge >= 0.3 is 0 Å². The average molecular weight is 345 g/mol. The molecule has 8 heteroatoms. The zero-order valence-corrected chi connectivity index (χ0v) is 15.0. The summed E-state index contributed by atoms with van der Waals surface area (Å²) >= 11 is 0.951. The van der Waals surface area contributed by atoms with Gasteiger partial charge in [-0.15, -0.1) is 11.3 Å². The van der Waals surface area contributed by atoms with E-state index >= 15 is 0 Å². The van der Waals surface area contributed by atoms with Crippen molar-refractivity contribution in [3.63, 3.8) is 0 Å². The van der Waals surface area contributed by atoms with Crippen LogP contribution in [0.2, 0.25) is 0 Å². The normalized spacial score (nSPS) is 19.8. The third-order valence-electron chi connectivity index (χ3n) is 4.16. The first-order valence-corrected chi connectivity index (χ1v) is 9.62. The lowest BCUT2D eigenvalue weighted by Gasteiger charge is -2.26. The highest BCUT2D eigenvalue weighted by Gasteiger charge is 2.31. The molecule has 1 fully saturated rings. The second-order valence-corrected chi connectivity index (χ2v) is 8.91. The first kappa shape index (κ1) is 17.4. The van der Waals surface area contributed by atoms with Gasteiger partial charge < -0.3 is 4.90 Å². The number of carbonyl (C=O) groups is 1. The summed E-state index contributed by atoms with van der Waals surface area (Å²) in [7, 11) is -1.98. The molecule has 1 aromatic heterocycles. The maximum absolute atomic E-state index is 12.7. The number of carbonyl (C=O) groups excluding carboxylic acids is 1. The van der Waals surface area contributed by atoms with Crippen LogP contribution in [0.4, 0.5) is 0 Å². The average Bonchev–Trinajstić information content (AvgIpc) is 3.02. The molecular weight excluding hydrogens is 322 g/mol. The van der Waals surface area contributed by atoms with Crippen molar-refractivity contribution in [1.29, 1.82) is 0 Å². The minimum absolute atomic E-state index is 0.0389. The lowest BCUT2D eigenvalue weighted by molar-refractivity contribution is 0.0736. The van der Waals surface area contributed by atoms with Crippen molar-refractivity contribution in [3.8, 4) is 0 Å². The van der Waals surface area contributed by atoms with Crippen LogP contribution in [-0.2, 0) is 10.0 Å². The van der Waals surface area contributed by atoms with E-state index in [1.165, 1.54) is 6.07 Å². The smallest absolute Gasteiger partial charge is 0.264 e. The molecule has 0 aromatic carbocycles. The molecule has 0 saturated carbocycles. The Morgan fingerprint density at radius 3 is 2.59 bits per heavy atom. The Hall–Kier alpha value is -0.960. The van der Waals surface area contributed by atoms with Gasteiger partial charge in [0.05, 0.1) is 4.88 Å². The van der Waals surface area contributed by atoms with Gasteiger partial charge in [-0.3, -0.25) is 9.69 Å². The summed E-state index contributed by atoms with van der Waals surface area (Å²) in [6.07, 6.45) is 0.937. The van der Waals surface area contributed by atoms with E-state index in [1.807, 2.05) is 0 Å².